The van der Waals surface area contributed by atoms with E-state index in [9.17, 15) is 9.59 Å². The van der Waals surface area contributed by atoms with Crippen LogP contribution in [0.4, 0.5) is 0 Å². The monoisotopic (exact) mass is 376 g/mol. The van der Waals surface area contributed by atoms with E-state index in [1.54, 1.807) is 6.07 Å². The Kier molecular flexibility index (Phi) is 12.2. The minimum absolute atomic E-state index is 0.0716. The highest BCUT2D eigenvalue weighted by Gasteiger charge is 2.05. The van der Waals surface area contributed by atoms with Crippen molar-refractivity contribution < 1.29 is 19.1 Å². The molecule has 4 nitrogen and oxygen atoms in total. The lowest BCUT2D eigenvalue weighted by Crippen LogP contribution is -2.07. The molecule has 0 unspecified atom stereocenters. The zero-order valence-electron chi connectivity index (χ0n) is 17.3. The van der Waals surface area contributed by atoms with Crippen molar-refractivity contribution in [1.29, 1.82) is 0 Å². The van der Waals surface area contributed by atoms with E-state index < -0.39 is 0 Å². The maximum atomic E-state index is 11.8. The Balaban J connectivity index is 1.92. The molecule has 152 valence electrons. The molecular weight excluding hydrogens is 340 g/mol. The van der Waals surface area contributed by atoms with Crippen LogP contribution >= 0.6 is 0 Å². The fourth-order valence-corrected chi connectivity index (χ4v) is 2.86. The van der Waals surface area contributed by atoms with Gasteiger partial charge in [-0.05, 0) is 56.2 Å². The minimum atomic E-state index is -0.166. The Bertz CT molecular complexity index is 551. The second kappa shape index (κ2) is 14.2. The molecule has 0 aliphatic carbocycles. The molecule has 0 aliphatic heterocycles. The van der Waals surface area contributed by atoms with Crippen molar-refractivity contribution in [2.45, 2.75) is 85.0 Å². The highest BCUT2D eigenvalue weighted by Crippen LogP contribution is 2.14. The summed E-state index contributed by atoms with van der Waals surface area (Å²) in [6, 6.07) is 7.54. The Morgan fingerprint density at radius 2 is 1.52 bits per heavy atom. The molecule has 0 fully saturated rings. The van der Waals surface area contributed by atoms with Crippen LogP contribution in [0.15, 0.2) is 24.3 Å². The highest BCUT2D eigenvalue weighted by atomic mass is 16.5. The molecule has 27 heavy (non-hydrogen) atoms. The molecule has 1 rings (SSSR count). The van der Waals surface area contributed by atoms with Crippen molar-refractivity contribution in [3.05, 3.63) is 29.8 Å². The highest BCUT2D eigenvalue weighted by molar-refractivity contribution is 5.72. The molecule has 0 spiro atoms. The van der Waals surface area contributed by atoms with Gasteiger partial charge in [0.15, 0.2) is 0 Å². The summed E-state index contributed by atoms with van der Waals surface area (Å²) in [5.74, 6) is 1.04. The molecule has 0 radical (unpaired) electrons. The van der Waals surface area contributed by atoms with Crippen LogP contribution in [0.3, 0.4) is 0 Å². The summed E-state index contributed by atoms with van der Waals surface area (Å²) in [5, 5.41) is 0. The number of aryl methyl sites for hydroxylation is 1. The van der Waals surface area contributed by atoms with Crippen molar-refractivity contribution in [3.8, 4) is 5.75 Å². The van der Waals surface area contributed by atoms with Gasteiger partial charge in [-0.25, -0.2) is 0 Å². The fourth-order valence-electron chi connectivity index (χ4n) is 2.86. The quantitative estimate of drug-likeness (QED) is 0.227. The van der Waals surface area contributed by atoms with Gasteiger partial charge < -0.3 is 9.47 Å². The van der Waals surface area contributed by atoms with E-state index in [-0.39, 0.29) is 11.9 Å². The number of esters is 2. The molecule has 0 saturated heterocycles. The number of benzene rings is 1. The van der Waals surface area contributed by atoms with E-state index in [1.165, 1.54) is 0 Å². The van der Waals surface area contributed by atoms with Crippen molar-refractivity contribution >= 4 is 11.9 Å². The van der Waals surface area contributed by atoms with Gasteiger partial charge in [-0.15, -0.1) is 0 Å². The molecule has 0 heterocycles. The predicted octanol–water partition coefficient (Wildman–Crippen LogP) is 6.00. The molecule has 0 N–H and O–H groups in total. The molecule has 0 atom stereocenters. The Labute approximate surface area is 164 Å². The second-order valence-electron chi connectivity index (χ2n) is 7.67. The molecule has 0 bridgehead atoms. The van der Waals surface area contributed by atoms with E-state index in [1.807, 2.05) is 25.1 Å². The van der Waals surface area contributed by atoms with Gasteiger partial charge in [0.1, 0.15) is 5.75 Å². The smallest absolute Gasteiger partial charge is 0.311 e. The molecule has 0 amide bonds. The standard InChI is InChI=1S/C23H36O4/c1-19(2)12-11-17-26-22(24)15-8-6-4-5-7-9-16-23(25)27-21-14-10-13-20(3)18-21/h10,13-14,18-19H,4-9,11-12,15-17H2,1-3H3. The third-order valence-corrected chi connectivity index (χ3v) is 4.42. The topological polar surface area (TPSA) is 52.6 Å². The summed E-state index contributed by atoms with van der Waals surface area (Å²) in [4.78, 5) is 23.4. The Hall–Kier alpha value is -1.84. The van der Waals surface area contributed by atoms with Crippen molar-refractivity contribution in [2.75, 3.05) is 6.61 Å². The van der Waals surface area contributed by atoms with Crippen LogP contribution in [-0.2, 0) is 14.3 Å². The minimum Gasteiger partial charge on any atom is -0.466 e. The zero-order valence-corrected chi connectivity index (χ0v) is 17.3. The molecular formula is C23H36O4. The average Bonchev–Trinajstić information content (AvgIpc) is 2.61. The van der Waals surface area contributed by atoms with Gasteiger partial charge in [-0.2, -0.15) is 0 Å². The van der Waals surface area contributed by atoms with Crippen molar-refractivity contribution in [1.82, 2.24) is 0 Å². The largest absolute Gasteiger partial charge is 0.466 e. The first kappa shape index (κ1) is 23.2. The molecule has 0 aliphatic rings. The SMILES string of the molecule is Cc1cccc(OC(=O)CCCCCCCCC(=O)OCCCC(C)C)c1. The zero-order chi connectivity index (χ0) is 19.9. The van der Waals surface area contributed by atoms with Crippen LogP contribution < -0.4 is 4.74 Å². The summed E-state index contributed by atoms with van der Waals surface area (Å²) >= 11 is 0. The van der Waals surface area contributed by atoms with Gasteiger partial charge in [-0.1, -0.05) is 51.7 Å². The number of carbonyl (C=O) groups excluding carboxylic acids is 2. The number of hydrogen-bond acceptors (Lipinski definition) is 4. The first-order valence-corrected chi connectivity index (χ1v) is 10.4. The average molecular weight is 377 g/mol. The van der Waals surface area contributed by atoms with Gasteiger partial charge in [0.2, 0.25) is 0 Å². The van der Waals surface area contributed by atoms with Gasteiger partial charge in [0.25, 0.3) is 0 Å². The first-order valence-electron chi connectivity index (χ1n) is 10.4. The summed E-state index contributed by atoms with van der Waals surface area (Å²) in [7, 11) is 0. The molecule has 1 aromatic rings. The Morgan fingerprint density at radius 3 is 2.15 bits per heavy atom. The first-order chi connectivity index (χ1) is 13.0. The van der Waals surface area contributed by atoms with Crippen LogP contribution in [0.2, 0.25) is 0 Å². The fraction of sp³-hybridized carbons (Fsp3) is 0.652. The summed E-state index contributed by atoms with van der Waals surface area (Å²) in [6.45, 7) is 6.88. The third-order valence-electron chi connectivity index (χ3n) is 4.42. The lowest BCUT2D eigenvalue weighted by Gasteiger charge is -2.07. The van der Waals surface area contributed by atoms with Gasteiger partial charge in [0, 0.05) is 12.8 Å². The third kappa shape index (κ3) is 13.0. The summed E-state index contributed by atoms with van der Waals surface area (Å²) in [6.07, 6.45) is 9.00. The van der Waals surface area contributed by atoms with Gasteiger partial charge >= 0.3 is 11.9 Å². The Morgan fingerprint density at radius 1 is 0.889 bits per heavy atom. The number of carbonyl (C=O) groups is 2. The number of hydrogen-bond donors (Lipinski definition) is 0. The van der Waals surface area contributed by atoms with Crippen LogP contribution in [0.5, 0.6) is 5.75 Å². The van der Waals surface area contributed by atoms with E-state index in [4.69, 9.17) is 9.47 Å². The van der Waals surface area contributed by atoms with Crippen molar-refractivity contribution in [2.24, 2.45) is 5.92 Å². The predicted molar refractivity (Wildman–Crippen MR) is 109 cm³/mol. The van der Waals surface area contributed by atoms with E-state index in [0.717, 1.165) is 56.9 Å². The van der Waals surface area contributed by atoms with Gasteiger partial charge in [0.05, 0.1) is 6.61 Å². The van der Waals surface area contributed by atoms with Crippen molar-refractivity contribution in [3.63, 3.8) is 0 Å². The van der Waals surface area contributed by atoms with E-state index >= 15 is 0 Å². The molecule has 1 aromatic carbocycles. The maximum absolute atomic E-state index is 11.8. The molecule has 4 heteroatoms. The van der Waals surface area contributed by atoms with Crippen LogP contribution in [0.25, 0.3) is 0 Å². The van der Waals surface area contributed by atoms with Gasteiger partial charge in [-0.3, -0.25) is 9.59 Å². The summed E-state index contributed by atoms with van der Waals surface area (Å²) in [5.41, 5.74) is 1.08. The van der Waals surface area contributed by atoms with E-state index in [2.05, 4.69) is 13.8 Å². The number of unbranched alkanes of at least 4 members (excludes halogenated alkanes) is 5. The maximum Gasteiger partial charge on any atom is 0.311 e. The number of ether oxygens (including phenoxy) is 2. The van der Waals surface area contributed by atoms with Crippen LogP contribution in [-0.4, -0.2) is 18.5 Å². The molecule has 0 saturated carbocycles. The van der Waals surface area contributed by atoms with E-state index in [0.29, 0.717) is 31.1 Å². The lowest BCUT2D eigenvalue weighted by molar-refractivity contribution is -0.144. The second-order valence-corrected chi connectivity index (χ2v) is 7.67. The number of rotatable bonds is 14. The van der Waals surface area contributed by atoms with Crippen LogP contribution in [0, 0.1) is 12.8 Å². The molecule has 0 aromatic heterocycles. The van der Waals surface area contributed by atoms with Crippen LogP contribution in [0.1, 0.15) is 83.6 Å². The normalized spacial score (nSPS) is 10.8. The summed E-state index contributed by atoms with van der Waals surface area (Å²) < 4.78 is 10.6. The lowest BCUT2D eigenvalue weighted by atomic mass is 10.1.